The van der Waals surface area contributed by atoms with E-state index in [1.807, 2.05) is 30.3 Å². The van der Waals surface area contributed by atoms with Crippen LogP contribution in [0.3, 0.4) is 0 Å². The topological polar surface area (TPSA) is 62.7 Å². The number of ether oxygens (including phenoxy) is 4. The fourth-order valence-electron chi connectivity index (χ4n) is 3.03. The van der Waals surface area contributed by atoms with E-state index in [4.69, 9.17) is 35.5 Å². The number of nitrogens with zero attached hydrogens (tertiary/aromatic N) is 2. The van der Waals surface area contributed by atoms with Gasteiger partial charge in [-0.05, 0) is 24.3 Å². The molecule has 5 rings (SSSR count). The molecule has 6 nitrogen and oxygen atoms in total. The molecule has 0 spiro atoms. The van der Waals surface area contributed by atoms with Crippen molar-refractivity contribution in [2.45, 2.75) is 6.42 Å². The van der Waals surface area contributed by atoms with Gasteiger partial charge in [-0.1, -0.05) is 0 Å². The van der Waals surface area contributed by atoms with Crippen LogP contribution >= 0.6 is 11.6 Å². The quantitative estimate of drug-likeness (QED) is 0.669. The number of hydrogen-bond donors (Lipinski definition) is 0. The SMILES string of the molecule is ClCCc1nc(-c2ccc3c(c2)OCO3)c2cc3c(cc2n1)OCO3. The van der Waals surface area contributed by atoms with Crippen LogP contribution in [0.5, 0.6) is 23.0 Å². The second kappa shape index (κ2) is 5.67. The Morgan fingerprint density at radius 2 is 1.56 bits per heavy atom. The Bertz CT molecular complexity index is 992. The first-order valence-electron chi connectivity index (χ1n) is 7.88. The molecule has 1 aromatic heterocycles. The van der Waals surface area contributed by atoms with Gasteiger partial charge in [0, 0.05) is 29.3 Å². The van der Waals surface area contributed by atoms with Crippen molar-refractivity contribution >= 4 is 22.5 Å². The predicted octanol–water partition coefficient (Wildman–Crippen LogP) is 3.54. The Morgan fingerprint density at radius 3 is 2.36 bits per heavy atom. The minimum Gasteiger partial charge on any atom is -0.454 e. The first kappa shape index (κ1) is 14.6. The third-order valence-corrected chi connectivity index (χ3v) is 4.39. The Morgan fingerprint density at radius 1 is 0.840 bits per heavy atom. The zero-order valence-electron chi connectivity index (χ0n) is 13.1. The molecule has 0 saturated carbocycles. The van der Waals surface area contributed by atoms with E-state index in [1.165, 1.54) is 0 Å². The lowest BCUT2D eigenvalue weighted by molar-refractivity contribution is 0.173. The first-order valence-corrected chi connectivity index (χ1v) is 8.41. The van der Waals surface area contributed by atoms with Gasteiger partial charge in [-0.25, -0.2) is 9.97 Å². The van der Waals surface area contributed by atoms with Gasteiger partial charge in [0.1, 0.15) is 5.82 Å². The number of alkyl halides is 1. The maximum Gasteiger partial charge on any atom is 0.231 e. The Balaban J connectivity index is 1.74. The van der Waals surface area contributed by atoms with Crippen LogP contribution < -0.4 is 18.9 Å². The molecule has 0 atom stereocenters. The zero-order chi connectivity index (χ0) is 16.8. The number of rotatable bonds is 3. The molecular weight excluding hydrogens is 344 g/mol. The summed E-state index contributed by atoms with van der Waals surface area (Å²) in [6, 6.07) is 9.58. The summed E-state index contributed by atoms with van der Waals surface area (Å²) in [4.78, 5) is 9.34. The number of hydrogen-bond acceptors (Lipinski definition) is 6. The molecule has 2 aliphatic heterocycles. The minimum absolute atomic E-state index is 0.215. The number of benzene rings is 2. The van der Waals surface area contributed by atoms with Gasteiger partial charge >= 0.3 is 0 Å². The van der Waals surface area contributed by atoms with Gasteiger partial charge in [-0.2, -0.15) is 0 Å². The molecule has 3 heterocycles. The maximum atomic E-state index is 5.89. The van der Waals surface area contributed by atoms with Crippen LogP contribution in [0.2, 0.25) is 0 Å². The van der Waals surface area contributed by atoms with E-state index < -0.39 is 0 Å². The molecule has 0 N–H and O–H groups in total. The Hall–Kier alpha value is -2.73. The van der Waals surface area contributed by atoms with Crippen molar-refractivity contribution in [3.05, 3.63) is 36.2 Å². The van der Waals surface area contributed by atoms with Crippen molar-refractivity contribution in [1.82, 2.24) is 9.97 Å². The van der Waals surface area contributed by atoms with Crippen molar-refractivity contribution in [2.75, 3.05) is 19.5 Å². The van der Waals surface area contributed by atoms with E-state index in [2.05, 4.69) is 4.98 Å². The summed E-state index contributed by atoms with van der Waals surface area (Å²) in [5, 5.41) is 0.890. The summed E-state index contributed by atoms with van der Waals surface area (Å²) in [5.41, 5.74) is 2.53. The molecule has 7 heteroatoms. The molecule has 0 saturated heterocycles. The van der Waals surface area contributed by atoms with E-state index in [-0.39, 0.29) is 13.6 Å². The normalized spacial score (nSPS) is 14.3. The van der Waals surface area contributed by atoms with Gasteiger partial charge in [-0.3, -0.25) is 0 Å². The second-order valence-corrected chi connectivity index (χ2v) is 6.10. The molecular formula is C18H13ClN2O4. The van der Waals surface area contributed by atoms with Crippen LogP contribution in [0, 0.1) is 0 Å². The van der Waals surface area contributed by atoms with E-state index in [0.29, 0.717) is 35.4 Å². The van der Waals surface area contributed by atoms with Crippen molar-refractivity contribution in [3.8, 4) is 34.3 Å². The molecule has 0 unspecified atom stereocenters. The number of halogens is 1. The highest BCUT2D eigenvalue weighted by molar-refractivity contribution is 6.17. The van der Waals surface area contributed by atoms with Crippen molar-refractivity contribution in [2.24, 2.45) is 0 Å². The fraction of sp³-hybridized carbons (Fsp3) is 0.222. The van der Waals surface area contributed by atoms with Gasteiger partial charge in [0.15, 0.2) is 23.0 Å². The molecule has 3 aromatic rings. The van der Waals surface area contributed by atoms with Crippen LogP contribution in [-0.4, -0.2) is 29.4 Å². The van der Waals surface area contributed by atoms with Gasteiger partial charge < -0.3 is 18.9 Å². The monoisotopic (exact) mass is 356 g/mol. The number of aryl methyl sites for hydroxylation is 1. The van der Waals surface area contributed by atoms with Crippen molar-refractivity contribution in [3.63, 3.8) is 0 Å². The highest BCUT2D eigenvalue weighted by atomic mass is 35.5. The maximum absolute atomic E-state index is 5.89. The molecule has 0 amide bonds. The van der Waals surface area contributed by atoms with Crippen molar-refractivity contribution < 1.29 is 18.9 Å². The lowest BCUT2D eigenvalue weighted by Crippen LogP contribution is -2.00. The molecule has 126 valence electrons. The first-order chi connectivity index (χ1) is 12.3. The average molecular weight is 357 g/mol. The molecule has 2 aliphatic rings. The summed E-state index contributed by atoms with van der Waals surface area (Å²) >= 11 is 5.89. The predicted molar refractivity (Wildman–Crippen MR) is 91.6 cm³/mol. The molecule has 0 aliphatic carbocycles. The summed E-state index contributed by atoms with van der Waals surface area (Å²) in [5.74, 6) is 3.98. The third kappa shape index (κ3) is 2.41. The van der Waals surface area contributed by atoms with Crippen LogP contribution in [0.25, 0.3) is 22.2 Å². The Kier molecular flexibility index (Phi) is 3.31. The highest BCUT2D eigenvalue weighted by Gasteiger charge is 2.20. The van der Waals surface area contributed by atoms with E-state index >= 15 is 0 Å². The largest absolute Gasteiger partial charge is 0.454 e. The highest BCUT2D eigenvalue weighted by Crippen LogP contribution is 2.41. The van der Waals surface area contributed by atoms with Gasteiger partial charge in [0.2, 0.25) is 13.6 Å². The lowest BCUT2D eigenvalue weighted by Gasteiger charge is -2.10. The summed E-state index contributed by atoms with van der Waals surface area (Å²) < 4.78 is 21.9. The van der Waals surface area contributed by atoms with E-state index in [9.17, 15) is 0 Å². The molecule has 2 aromatic carbocycles. The average Bonchev–Trinajstić information content (AvgIpc) is 3.27. The molecule has 0 bridgehead atoms. The van der Waals surface area contributed by atoms with Gasteiger partial charge in [0.05, 0.1) is 11.2 Å². The van der Waals surface area contributed by atoms with E-state index in [1.54, 1.807) is 0 Å². The molecule has 0 radical (unpaired) electrons. The van der Waals surface area contributed by atoms with Crippen LogP contribution in [-0.2, 0) is 6.42 Å². The molecule has 0 fully saturated rings. The third-order valence-electron chi connectivity index (χ3n) is 4.20. The van der Waals surface area contributed by atoms with E-state index in [0.717, 1.165) is 27.9 Å². The van der Waals surface area contributed by atoms with Crippen LogP contribution in [0.1, 0.15) is 5.82 Å². The summed E-state index contributed by atoms with van der Waals surface area (Å²) in [6.45, 7) is 0.451. The standard InChI is InChI=1S/C18H13ClN2O4/c19-4-3-17-20-12-7-16-15(24-9-25-16)6-11(12)18(21-17)10-1-2-13-14(5-10)23-8-22-13/h1-2,5-7H,3-4,8-9H2. The summed E-state index contributed by atoms with van der Waals surface area (Å²) in [7, 11) is 0. The number of fused-ring (bicyclic) bond motifs is 3. The van der Waals surface area contributed by atoms with Gasteiger partial charge in [0.25, 0.3) is 0 Å². The fourth-order valence-corrected chi connectivity index (χ4v) is 3.20. The minimum atomic E-state index is 0.215. The number of aromatic nitrogens is 2. The Labute approximate surface area is 148 Å². The second-order valence-electron chi connectivity index (χ2n) is 5.72. The van der Waals surface area contributed by atoms with Crippen LogP contribution in [0.15, 0.2) is 30.3 Å². The van der Waals surface area contributed by atoms with Crippen LogP contribution in [0.4, 0.5) is 0 Å². The van der Waals surface area contributed by atoms with Gasteiger partial charge in [-0.15, -0.1) is 11.6 Å². The lowest BCUT2D eigenvalue weighted by atomic mass is 10.0. The smallest absolute Gasteiger partial charge is 0.231 e. The summed E-state index contributed by atoms with van der Waals surface area (Å²) in [6.07, 6.45) is 0.587. The van der Waals surface area contributed by atoms with Crippen molar-refractivity contribution in [1.29, 1.82) is 0 Å². The zero-order valence-corrected chi connectivity index (χ0v) is 13.9. The molecule has 25 heavy (non-hydrogen) atoms.